The summed E-state index contributed by atoms with van der Waals surface area (Å²) in [5, 5.41) is 0.522. The standard InChI is InChI=1S/C20H28ClFN4/c1-4-6-7-17(14(3)5-2)25-10-8-15(9-11-25)26-12-16(22)18-19(21)23-13-24-20(18)26/h12-13,15H,4-11H2,1-3H3. The molecule has 1 aliphatic heterocycles. The Morgan fingerprint density at radius 1 is 1.27 bits per heavy atom. The Hall–Kier alpha value is -1.62. The SMILES string of the molecule is CCCCC(=C(C)CC)N1CCC(n2cc(F)c3c(Cl)ncnc32)CC1. The molecule has 1 saturated heterocycles. The third-order valence-electron chi connectivity index (χ3n) is 5.55. The minimum atomic E-state index is -0.335. The number of aromatic nitrogens is 3. The fourth-order valence-electron chi connectivity index (χ4n) is 3.89. The molecule has 0 atom stereocenters. The molecule has 142 valence electrons. The molecular weight excluding hydrogens is 351 g/mol. The van der Waals surface area contributed by atoms with Gasteiger partial charge in [0.1, 0.15) is 17.1 Å². The van der Waals surface area contributed by atoms with E-state index in [4.69, 9.17) is 11.6 Å². The topological polar surface area (TPSA) is 34.0 Å². The molecule has 0 unspecified atom stereocenters. The molecule has 0 aliphatic carbocycles. The molecule has 0 bridgehead atoms. The zero-order valence-electron chi connectivity index (χ0n) is 15.9. The van der Waals surface area contributed by atoms with Gasteiger partial charge in [-0.15, -0.1) is 0 Å². The van der Waals surface area contributed by atoms with Crippen LogP contribution in [-0.2, 0) is 0 Å². The first-order valence-electron chi connectivity index (χ1n) is 9.66. The summed E-state index contributed by atoms with van der Waals surface area (Å²) in [5.41, 5.74) is 3.61. The molecule has 0 aromatic carbocycles. The van der Waals surface area contributed by atoms with Crippen molar-refractivity contribution in [1.29, 1.82) is 0 Å². The number of hydrogen-bond acceptors (Lipinski definition) is 3. The molecule has 2 aromatic heterocycles. The number of rotatable bonds is 6. The van der Waals surface area contributed by atoms with Crippen LogP contribution in [0.1, 0.15) is 65.3 Å². The number of piperidine rings is 1. The van der Waals surface area contributed by atoms with Gasteiger partial charge in [0.2, 0.25) is 0 Å². The van der Waals surface area contributed by atoms with Crippen LogP contribution in [0.5, 0.6) is 0 Å². The van der Waals surface area contributed by atoms with Crippen LogP contribution in [0.4, 0.5) is 4.39 Å². The fourth-order valence-corrected chi connectivity index (χ4v) is 4.10. The quantitative estimate of drug-likeness (QED) is 0.601. The molecule has 4 nitrogen and oxygen atoms in total. The van der Waals surface area contributed by atoms with E-state index in [0.29, 0.717) is 11.0 Å². The summed E-state index contributed by atoms with van der Waals surface area (Å²) in [4.78, 5) is 10.7. The lowest BCUT2D eigenvalue weighted by molar-refractivity contribution is 0.221. The number of likely N-dealkylation sites (tertiary alicyclic amines) is 1. The van der Waals surface area contributed by atoms with Crippen molar-refractivity contribution in [2.45, 2.75) is 65.3 Å². The van der Waals surface area contributed by atoms with Crippen molar-refractivity contribution in [2.24, 2.45) is 0 Å². The van der Waals surface area contributed by atoms with Gasteiger partial charge in [-0.05, 0) is 39.0 Å². The van der Waals surface area contributed by atoms with Gasteiger partial charge in [0.25, 0.3) is 0 Å². The van der Waals surface area contributed by atoms with Gasteiger partial charge in [0.15, 0.2) is 5.82 Å². The van der Waals surface area contributed by atoms with Gasteiger partial charge in [-0.3, -0.25) is 0 Å². The van der Waals surface area contributed by atoms with Gasteiger partial charge in [0, 0.05) is 31.0 Å². The summed E-state index contributed by atoms with van der Waals surface area (Å²) in [5.74, 6) is -0.335. The Balaban J connectivity index is 1.77. The second-order valence-electron chi connectivity index (χ2n) is 7.15. The van der Waals surface area contributed by atoms with E-state index >= 15 is 0 Å². The first kappa shape index (κ1) is 19.2. The molecular formula is C20H28ClFN4. The molecule has 6 heteroatoms. The van der Waals surface area contributed by atoms with Crippen LogP contribution in [0.3, 0.4) is 0 Å². The number of halogens is 2. The second kappa shape index (κ2) is 8.38. The van der Waals surface area contributed by atoms with Crippen molar-refractivity contribution in [2.75, 3.05) is 13.1 Å². The van der Waals surface area contributed by atoms with Crippen molar-refractivity contribution in [1.82, 2.24) is 19.4 Å². The molecule has 0 amide bonds. The maximum atomic E-state index is 14.3. The van der Waals surface area contributed by atoms with Crippen molar-refractivity contribution in [3.05, 3.63) is 34.8 Å². The third kappa shape index (κ3) is 3.73. The van der Waals surface area contributed by atoms with Crippen molar-refractivity contribution in [3.63, 3.8) is 0 Å². The number of hydrogen-bond donors (Lipinski definition) is 0. The lowest BCUT2D eigenvalue weighted by Crippen LogP contribution is -2.34. The second-order valence-corrected chi connectivity index (χ2v) is 7.51. The first-order valence-corrected chi connectivity index (χ1v) is 10.0. The molecule has 1 aliphatic rings. The van der Waals surface area contributed by atoms with Gasteiger partial charge in [-0.1, -0.05) is 37.4 Å². The van der Waals surface area contributed by atoms with Gasteiger partial charge < -0.3 is 9.47 Å². The van der Waals surface area contributed by atoms with Crippen LogP contribution in [0.15, 0.2) is 23.8 Å². The number of nitrogens with zero attached hydrogens (tertiary/aromatic N) is 4. The van der Waals surface area contributed by atoms with E-state index in [1.165, 1.54) is 36.6 Å². The van der Waals surface area contributed by atoms with E-state index in [1.807, 2.05) is 4.57 Å². The third-order valence-corrected chi connectivity index (χ3v) is 5.83. The minimum Gasteiger partial charge on any atom is -0.375 e. The van der Waals surface area contributed by atoms with E-state index in [1.54, 1.807) is 0 Å². The summed E-state index contributed by atoms with van der Waals surface area (Å²) >= 11 is 6.06. The fraction of sp³-hybridized carbons (Fsp3) is 0.600. The lowest BCUT2D eigenvalue weighted by atomic mass is 10.00. The van der Waals surface area contributed by atoms with Gasteiger partial charge in [-0.2, -0.15) is 0 Å². The first-order chi connectivity index (χ1) is 12.6. The van der Waals surface area contributed by atoms with Gasteiger partial charge >= 0.3 is 0 Å². The van der Waals surface area contributed by atoms with E-state index in [0.717, 1.165) is 38.8 Å². The average Bonchev–Trinajstić information content (AvgIpc) is 3.00. The van der Waals surface area contributed by atoms with Crippen molar-refractivity contribution in [3.8, 4) is 0 Å². The monoisotopic (exact) mass is 378 g/mol. The molecule has 3 heterocycles. The molecule has 0 N–H and O–H groups in total. The van der Waals surface area contributed by atoms with E-state index < -0.39 is 0 Å². The largest absolute Gasteiger partial charge is 0.375 e. The lowest BCUT2D eigenvalue weighted by Gasteiger charge is -2.37. The summed E-state index contributed by atoms with van der Waals surface area (Å²) in [6, 6.07) is 0.249. The van der Waals surface area contributed by atoms with Gasteiger partial charge in [-0.25, -0.2) is 14.4 Å². The normalized spacial score (nSPS) is 17.0. The Morgan fingerprint density at radius 3 is 2.65 bits per heavy atom. The highest BCUT2D eigenvalue weighted by molar-refractivity contribution is 6.34. The van der Waals surface area contributed by atoms with E-state index in [9.17, 15) is 4.39 Å². The summed E-state index contributed by atoms with van der Waals surface area (Å²) in [7, 11) is 0. The van der Waals surface area contributed by atoms with Crippen LogP contribution in [0.2, 0.25) is 5.15 Å². The van der Waals surface area contributed by atoms with Gasteiger partial charge in [0.05, 0.1) is 5.39 Å². The molecule has 2 aromatic rings. The number of unbranched alkanes of at least 4 members (excludes halogenated alkanes) is 1. The highest BCUT2D eigenvalue weighted by Crippen LogP contribution is 2.33. The summed E-state index contributed by atoms with van der Waals surface area (Å²) in [6.45, 7) is 8.73. The maximum absolute atomic E-state index is 14.3. The molecule has 0 radical (unpaired) electrons. The van der Waals surface area contributed by atoms with Crippen LogP contribution < -0.4 is 0 Å². The van der Waals surface area contributed by atoms with Crippen molar-refractivity contribution < 1.29 is 4.39 Å². The minimum absolute atomic E-state index is 0.187. The number of fused-ring (bicyclic) bond motifs is 1. The van der Waals surface area contributed by atoms with Crippen LogP contribution in [-0.4, -0.2) is 32.5 Å². The smallest absolute Gasteiger partial charge is 0.153 e. The highest BCUT2D eigenvalue weighted by Gasteiger charge is 2.25. The van der Waals surface area contributed by atoms with Crippen LogP contribution in [0, 0.1) is 5.82 Å². The van der Waals surface area contributed by atoms with Crippen LogP contribution >= 0.6 is 11.6 Å². The molecule has 3 rings (SSSR count). The summed E-state index contributed by atoms with van der Waals surface area (Å²) < 4.78 is 16.3. The highest BCUT2D eigenvalue weighted by atomic mass is 35.5. The Bertz CT molecular complexity index is 790. The zero-order valence-corrected chi connectivity index (χ0v) is 16.7. The summed E-state index contributed by atoms with van der Waals surface area (Å²) in [6.07, 6.45) is 9.62. The van der Waals surface area contributed by atoms with Crippen molar-refractivity contribution >= 4 is 22.6 Å². The molecule has 0 spiro atoms. The molecule has 0 saturated carbocycles. The Labute approximate surface area is 160 Å². The maximum Gasteiger partial charge on any atom is 0.153 e. The zero-order chi connectivity index (χ0) is 18.7. The van der Waals surface area contributed by atoms with E-state index in [2.05, 4.69) is 35.6 Å². The molecule has 1 fully saturated rings. The number of allylic oxidation sites excluding steroid dienone is 2. The predicted molar refractivity (Wildman–Crippen MR) is 105 cm³/mol. The Morgan fingerprint density at radius 2 is 2.00 bits per heavy atom. The predicted octanol–water partition coefficient (Wildman–Crippen LogP) is 5.73. The average molecular weight is 379 g/mol. The Kier molecular flexibility index (Phi) is 6.17. The van der Waals surface area contributed by atoms with E-state index in [-0.39, 0.29) is 17.0 Å². The van der Waals surface area contributed by atoms with Crippen LogP contribution in [0.25, 0.3) is 11.0 Å². The molecule has 26 heavy (non-hydrogen) atoms.